The molecule has 1 aliphatic heterocycles. The van der Waals surface area contributed by atoms with Gasteiger partial charge in [-0.1, -0.05) is 19.0 Å². The minimum Gasteiger partial charge on any atom is -0.338 e. The van der Waals surface area contributed by atoms with Crippen LogP contribution < -0.4 is 5.32 Å². The quantitative estimate of drug-likeness (QED) is 0.916. The summed E-state index contributed by atoms with van der Waals surface area (Å²) >= 11 is 3.18. The normalized spacial score (nSPS) is 22.1. The minimum atomic E-state index is -0.305. The lowest BCUT2D eigenvalue weighted by molar-refractivity contribution is 0.234. The predicted octanol–water partition coefficient (Wildman–Crippen LogP) is 3.53. The molecule has 21 heavy (non-hydrogen) atoms. The molecular formula is C15H17BrFN3O. The number of nitrogens with one attached hydrogen (secondary N) is 1. The molecule has 0 radical (unpaired) electrons. The Balaban J connectivity index is 1.97. The monoisotopic (exact) mass is 353 g/mol. The number of nitrogens with zero attached hydrogens (tertiary/aromatic N) is 2. The van der Waals surface area contributed by atoms with Gasteiger partial charge in [0.25, 0.3) is 0 Å². The van der Waals surface area contributed by atoms with Gasteiger partial charge in [-0.15, -0.1) is 0 Å². The van der Waals surface area contributed by atoms with E-state index in [0.29, 0.717) is 22.1 Å². The second-order valence-electron chi connectivity index (χ2n) is 5.79. The van der Waals surface area contributed by atoms with Crippen molar-refractivity contribution in [3.05, 3.63) is 34.4 Å². The molecule has 6 heteroatoms. The van der Waals surface area contributed by atoms with Crippen LogP contribution in [0.3, 0.4) is 0 Å². The van der Waals surface area contributed by atoms with Gasteiger partial charge < -0.3 is 9.84 Å². The molecule has 2 aromatic rings. The van der Waals surface area contributed by atoms with Gasteiger partial charge in [0.2, 0.25) is 11.7 Å². The van der Waals surface area contributed by atoms with Crippen LogP contribution >= 0.6 is 15.9 Å². The van der Waals surface area contributed by atoms with E-state index in [1.807, 2.05) is 0 Å². The first kappa shape index (κ1) is 14.7. The first-order chi connectivity index (χ1) is 10.0. The number of hydrogen-bond donors (Lipinski definition) is 1. The Morgan fingerprint density at radius 1 is 1.43 bits per heavy atom. The van der Waals surface area contributed by atoms with Crippen LogP contribution in [-0.4, -0.2) is 23.2 Å². The number of halogens is 2. The highest BCUT2D eigenvalue weighted by molar-refractivity contribution is 9.10. The van der Waals surface area contributed by atoms with Crippen molar-refractivity contribution < 1.29 is 8.91 Å². The highest BCUT2D eigenvalue weighted by Crippen LogP contribution is 2.37. The van der Waals surface area contributed by atoms with E-state index >= 15 is 0 Å². The summed E-state index contributed by atoms with van der Waals surface area (Å²) in [6, 6.07) is 4.72. The van der Waals surface area contributed by atoms with Crippen LogP contribution in [0.15, 0.2) is 27.2 Å². The lowest BCUT2D eigenvalue weighted by atomic mass is 9.76. The fraction of sp³-hybridized carbons (Fsp3) is 0.467. The van der Waals surface area contributed by atoms with Crippen LogP contribution in [0.2, 0.25) is 0 Å². The summed E-state index contributed by atoms with van der Waals surface area (Å²) in [6.45, 7) is 6.15. The Morgan fingerprint density at radius 3 is 2.86 bits per heavy atom. The molecule has 0 bridgehead atoms. The van der Waals surface area contributed by atoms with Crippen molar-refractivity contribution in [2.75, 3.05) is 13.1 Å². The van der Waals surface area contributed by atoms with Gasteiger partial charge in [0.15, 0.2) is 0 Å². The van der Waals surface area contributed by atoms with E-state index in [1.165, 1.54) is 6.07 Å². The lowest BCUT2D eigenvalue weighted by Crippen LogP contribution is -2.35. The van der Waals surface area contributed by atoms with Gasteiger partial charge in [-0.25, -0.2) is 4.39 Å². The zero-order valence-electron chi connectivity index (χ0n) is 12.0. The number of hydrogen-bond acceptors (Lipinski definition) is 4. The third-order valence-corrected chi connectivity index (χ3v) is 4.93. The van der Waals surface area contributed by atoms with Crippen LogP contribution in [0.4, 0.5) is 4.39 Å². The predicted molar refractivity (Wildman–Crippen MR) is 81.4 cm³/mol. The molecule has 0 amide bonds. The topological polar surface area (TPSA) is 51.0 Å². The van der Waals surface area contributed by atoms with Crippen molar-refractivity contribution in [3.63, 3.8) is 0 Å². The zero-order valence-corrected chi connectivity index (χ0v) is 13.6. The molecule has 1 saturated heterocycles. The van der Waals surface area contributed by atoms with E-state index < -0.39 is 0 Å². The van der Waals surface area contributed by atoms with Crippen LogP contribution in [0.5, 0.6) is 0 Å². The lowest BCUT2D eigenvalue weighted by Gasteiger charge is -2.27. The molecule has 1 aromatic heterocycles. The van der Waals surface area contributed by atoms with Crippen LogP contribution in [-0.2, 0) is 5.41 Å². The average Bonchev–Trinajstić information content (AvgIpc) is 3.10. The van der Waals surface area contributed by atoms with E-state index in [0.717, 1.165) is 25.1 Å². The van der Waals surface area contributed by atoms with E-state index in [4.69, 9.17) is 4.52 Å². The van der Waals surface area contributed by atoms with Crippen LogP contribution in [0.25, 0.3) is 11.4 Å². The average molecular weight is 354 g/mol. The van der Waals surface area contributed by atoms with Gasteiger partial charge >= 0.3 is 0 Å². The van der Waals surface area contributed by atoms with Crippen molar-refractivity contribution in [1.82, 2.24) is 15.5 Å². The van der Waals surface area contributed by atoms with E-state index in [-0.39, 0.29) is 11.2 Å². The summed E-state index contributed by atoms with van der Waals surface area (Å²) in [4.78, 5) is 4.57. The molecule has 1 aromatic carbocycles. The van der Waals surface area contributed by atoms with Gasteiger partial charge in [-0.05, 0) is 53.0 Å². The van der Waals surface area contributed by atoms with Crippen molar-refractivity contribution in [2.24, 2.45) is 5.92 Å². The number of rotatable bonds is 3. The van der Waals surface area contributed by atoms with Crippen molar-refractivity contribution in [1.29, 1.82) is 0 Å². The molecule has 1 aliphatic rings. The number of benzene rings is 1. The maximum Gasteiger partial charge on any atom is 0.234 e. The molecule has 1 atom stereocenters. The molecule has 0 saturated carbocycles. The third kappa shape index (κ3) is 2.51. The third-order valence-electron chi connectivity index (χ3n) is 4.32. The van der Waals surface area contributed by atoms with Gasteiger partial charge in [0.1, 0.15) is 5.82 Å². The largest absolute Gasteiger partial charge is 0.338 e. The molecule has 1 fully saturated rings. The highest BCUT2D eigenvalue weighted by atomic mass is 79.9. The molecule has 1 N–H and O–H groups in total. The summed E-state index contributed by atoms with van der Waals surface area (Å²) in [5.74, 6) is 1.26. The summed E-state index contributed by atoms with van der Waals surface area (Å²) in [5.41, 5.74) is 0.630. The molecular weight excluding hydrogens is 337 g/mol. The van der Waals surface area contributed by atoms with Crippen molar-refractivity contribution in [2.45, 2.75) is 25.7 Å². The van der Waals surface area contributed by atoms with Crippen LogP contribution in [0, 0.1) is 11.7 Å². The van der Waals surface area contributed by atoms with Crippen molar-refractivity contribution >= 4 is 15.9 Å². The Labute approximate surface area is 131 Å². The smallest absolute Gasteiger partial charge is 0.234 e. The van der Waals surface area contributed by atoms with Gasteiger partial charge in [-0.2, -0.15) is 4.98 Å². The minimum absolute atomic E-state index is 0.109. The van der Waals surface area contributed by atoms with Crippen LogP contribution in [0.1, 0.15) is 26.2 Å². The molecule has 0 spiro atoms. The molecule has 0 aliphatic carbocycles. The highest BCUT2D eigenvalue weighted by Gasteiger charge is 2.43. The summed E-state index contributed by atoms with van der Waals surface area (Å²) in [7, 11) is 0. The van der Waals surface area contributed by atoms with E-state index in [2.05, 4.69) is 45.2 Å². The Kier molecular flexibility index (Phi) is 3.84. The first-order valence-corrected chi connectivity index (χ1v) is 7.82. The zero-order chi connectivity index (χ0) is 15.0. The Morgan fingerprint density at radius 2 is 2.24 bits per heavy atom. The maximum atomic E-state index is 13.3. The second-order valence-corrected chi connectivity index (χ2v) is 6.64. The van der Waals surface area contributed by atoms with Gasteiger partial charge in [-0.3, -0.25) is 0 Å². The fourth-order valence-corrected chi connectivity index (χ4v) is 3.19. The van der Waals surface area contributed by atoms with Gasteiger partial charge in [0, 0.05) is 12.1 Å². The SMILES string of the molecule is CC(C)C1(c2nc(-c3ccc(F)c(Br)c3)no2)CCNC1. The second kappa shape index (κ2) is 5.50. The maximum absolute atomic E-state index is 13.3. The standard InChI is InChI=1S/C15H17BrFN3O/c1-9(2)15(5-6-18-8-15)14-19-13(20-21-14)10-3-4-12(17)11(16)7-10/h3-4,7,9,18H,5-6,8H2,1-2H3. The van der Waals surface area contributed by atoms with Crippen molar-refractivity contribution in [3.8, 4) is 11.4 Å². The molecule has 1 unspecified atom stereocenters. The Hall–Kier alpha value is -1.27. The van der Waals surface area contributed by atoms with E-state index in [9.17, 15) is 4.39 Å². The summed E-state index contributed by atoms with van der Waals surface area (Å²) < 4.78 is 19.2. The summed E-state index contributed by atoms with van der Waals surface area (Å²) in [6.07, 6.45) is 0.986. The molecule has 4 nitrogen and oxygen atoms in total. The fourth-order valence-electron chi connectivity index (χ4n) is 2.81. The first-order valence-electron chi connectivity index (χ1n) is 7.03. The summed E-state index contributed by atoms with van der Waals surface area (Å²) in [5, 5.41) is 7.45. The van der Waals surface area contributed by atoms with E-state index in [1.54, 1.807) is 12.1 Å². The Bertz CT molecular complexity index is 650. The molecule has 3 rings (SSSR count). The molecule has 112 valence electrons. The van der Waals surface area contributed by atoms with Gasteiger partial charge in [0.05, 0.1) is 9.89 Å². The molecule has 2 heterocycles. The number of aromatic nitrogens is 2.